The molecular weight excluding hydrogens is 303 g/mol. The smallest absolute Gasteiger partial charge is 0.168 e. The highest BCUT2D eigenvalue weighted by Crippen LogP contribution is 2.32. The van der Waals surface area contributed by atoms with Crippen LogP contribution in [0.2, 0.25) is 10.0 Å². The molecule has 0 saturated heterocycles. The molecule has 0 fully saturated rings. The Balaban J connectivity index is 2.28. The first-order chi connectivity index (χ1) is 9.04. The summed E-state index contributed by atoms with van der Waals surface area (Å²) in [4.78, 5) is 0. The lowest BCUT2D eigenvalue weighted by Gasteiger charge is -2.12. The number of hydrogen-bond acceptors (Lipinski definition) is 2. The van der Waals surface area contributed by atoms with Gasteiger partial charge in [0.2, 0.25) is 0 Å². The van der Waals surface area contributed by atoms with E-state index in [4.69, 9.17) is 45.9 Å². The molecule has 3 N–H and O–H groups in total. The quantitative estimate of drug-likeness (QED) is 0.822. The summed E-state index contributed by atoms with van der Waals surface area (Å²) in [6.45, 7) is 0. The Morgan fingerprint density at radius 2 is 1.68 bits per heavy atom. The third-order valence-electron chi connectivity index (χ3n) is 2.24. The molecular formula is C13H10Cl2N2OS. The molecule has 0 aliphatic rings. The third-order valence-corrected chi connectivity index (χ3v) is 2.83. The molecule has 2 rings (SSSR count). The number of halogens is 2. The van der Waals surface area contributed by atoms with Gasteiger partial charge in [-0.25, -0.2) is 0 Å². The van der Waals surface area contributed by atoms with Crippen molar-refractivity contribution in [2.75, 3.05) is 5.32 Å². The van der Waals surface area contributed by atoms with Gasteiger partial charge in [-0.3, -0.25) is 0 Å². The first kappa shape index (κ1) is 13.9. The molecule has 6 heteroatoms. The maximum absolute atomic E-state index is 5.93. The zero-order chi connectivity index (χ0) is 13.8. The van der Waals surface area contributed by atoms with Crippen molar-refractivity contribution in [2.24, 2.45) is 5.73 Å². The van der Waals surface area contributed by atoms with Crippen molar-refractivity contribution in [1.29, 1.82) is 0 Å². The van der Waals surface area contributed by atoms with Crippen molar-refractivity contribution in [3.8, 4) is 11.5 Å². The second kappa shape index (κ2) is 6.10. The highest BCUT2D eigenvalue weighted by Gasteiger charge is 2.07. The van der Waals surface area contributed by atoms with Gasteiger partial charge in [-0.15, -0.1) is 0 Å². The molecule has 2 aromatic rings. The lowest BCUT2D eigenvalue weighted by Crippen LogP contribution is -2.19. The fourth-order valence-electron chi connectivity index (χ4n) is 1.45. The molecule has 0 bridgehead atoms. The van der Waals surface area contributed by atoms with Crippen LogP contribution in [0.25, 0.3) is 0 Å². The predicted octanol–water partition coefficient (Wildman–Crippen LogP) is 4.44. The van der Waals surface area contributed by atoms with E-state index in [-0.39, 0.29) is 5.11 Å². The maximum atomic E-state index is 5.93. The van der Waals surface area contributed by atoms with Crippen molar-refractivity contribution < 1.29 is 4.74 Å². The fourth-order valence-corrected chi connectivity index (χ4v) is 1.86. The van der Waals surface area contributed by atoms with Gasteiger partial charge in [0.25, 0.3) is 0 Å². The third kappa shape index (κ3) is 3.99. The van der Waals surface area contributed by atoms with E-state index in [1.54, 1.807) is 42.5 Å². The predicted molar refractivity (Wildman–Crippen MR) is 83.4 cm³/mol. The molecule has 0 aromatic heterocycles. The Labute approximate surface area is 126 Å². The van der Waals surface area contributed by atoms with Crippen LogP contribution in [-0.2, 0) is 0 Å². The molecule has 0 heterocycles. The van der Waals surface area contributed by atoms with Gasteiger partial charge >= 0.3 is 0 Å². The summed E-state index contributed by atoms with van der Waals surface area (Å²) in [5.41, 5.74) is 6.07. The minimum absolute atomic E-state index is 0.142. The second-order valence-electron chi connectivity index (χ2n) is 3.69. The molecule has 0 radical (unpaired) electrons. The Morgan fingerprint density at radius 1 is 1.05 bits per heavy atom. The van der Waals surface area contributed by atoms with Crippen LogP contribution in [-0.4, -0.2) is 5.11 Å². The number of anilines is 1. The molecule has 0 aliphatic carbocycles. The highest BCUT2D eigenvalue weighted by molar-refractivity contribution is 7.80. The Morgan fingerprint density at radius 3 is 2.32 bits per heavy atom. The van der Waals surface area contributed by atoms with E-state index >= 15 is 0 Å². The molecule has 0 saturated carbocycles. The van der Waals surface area contributed by atoms with Gasteiger partial charge < -0.3 is 15.8 Å². The Kier molecular flexibility index (Phi) is 4.47. The minimum Gasteiger partial charge on any atom is -0.455 e. The molecule has 0 atom stereocenters. The number of thiocarbonyl (C=S) groups is 1. The Bertz CT molecular complexity index is 602. The number of nitrogens with two attached hydrogens (primary N) is 1. The van der Waals surface area contributed by atoms with Crippen LogP contribution in [0, 0.1) is 0 Å². The first-order valence-corrected chi connectivity index (χ1v) is 6.50. The molecule has 0 aliphatic heterocycles. The Hall–Kier alpha value is -1.49. The van der Waals surface area contributed by atoms with E-state index in [9.17, 15) is 0 Å². The van der Waals surface area contributed by atoms with Gasteiger partial charge in [0, 0.05) is 10.0 Å². The van der Waals surface area contributed by atoms with E-state index in [1.165, 1.54) is 0 Å². The van der Waals surface area contributed by atoms with Crippen molar-refractivity contribution in [1.82, 2.24) is 0 Å². The summed E-state index contributed by atoms with van der Waals surface area (Å²) in [5, 5.41) is 4.16. The standard InChI is InChI=1S/C13H10Cl2N2OS/c14-8-1-4-10(5-2-8)18-12-6-3-9(15)7-11(12)17-13(16)19/h1-7H,(H3,16,17,19). The molecule has 0 unspecified atom stereocenters. The van der Waals surface area contributed by atoms with Crippen LogP contribution >= 0.6 is 35.4 Å². The largest absolute Gasteiger partial charge is 0.455 e. The van der Waals surface area contributed by atoms with Crippen LogP contribution in [0.4, 0.5) is 5.69 Å². The van der Waals surface area contributed by atoms with Gasteiger partial charge in [-0.05, 0) is 54.7 Å². The molecule has 0 amide bonds. The monoisotopic (exact) mass is 312 g/mol. The second-order valence-corrected chi connectivity index (χ2v) is 5.00. The molecule has 19 heavy (non-hydrogen) atoms. The zero-order valence-electron chi connectivity index (χ0n) is 9.69. The van der Waals surface area contributed by atoms with Gasteiger partial charge in [0.15, 0.2) is 10.9 Å². The van der Waals surface area contributed by atoms with Gasteiger partial charge in [-0.1, -0.05) is 23.2 Å². The number of nitrogens with one attached hydrogen (secondary N) is 1. The van der Waals surface area contributed by atoms with Crippen molar-refractivity contribution in [2.45, 2.75) is 0 Å². The van der Waals surface area contributed by atoms with Crippen LogP contribution in [0.5, 0.6) is 11.5 Å². The summed E-state index contributed by atoms with van der Waals surface area (Å²) in [5.74, 6) is 1.22. The van der Waals surface area contributed by atoms with Crippen molar-refractivity contribution in [3.05, 3.63) is 52.5 Å². The molecule has 3 nitrogen and oxygen atoms in total. The minimum atomic E-state index is 0.142. The number of ether oxygens (including phenoxy) is 1. The topological polar surface area (TPSA) is 47.3 Å². The highest BCUT2D eigenvalue weighted by atomic mass is 35.5. The average Bonchev–Trinajstić information content (AvgIpc) is 2.34. The van der Waals surface area contributed by atoms with E-state index in [2.05, 4.69) is 5.32 Å². The normalized spacial score (nSPS) is 10.0. The lowest BCUT2D eigenvalue weighted by atomic mass is 10.3. The summed E-state index contributed by atoms with van der Waals surface area (Å²) >= 11 is 16.6. The van der Waals surface area contributed by atoms with Crippen LogP contribution in [0.15, 0.2) is 42.5 Å². The van der Waals surface area contributed by atoms with Crippen LogP contribution in [0.1, 0.15) is 0 Å². The van der Waals surface area contributed by atoms with Crippen molar-refractivity contribution in [3.63, 3.8) is 0 Å². The summed E-state index contributed by atoms with van der Waals surface area (Å²) in [6.07, 6.45) is 0. The van der Waals surface area contributed by atoms with Gasteiger partial charge in [0.1, 0.15) is 5.75 Å². The van der Waals surface area contributed by atoms with Gasteiger partial charge in [-0.2, -0.15) is 0 Å². The summed E-state index contributed by atoms with van der Waals surface area (Å²) < 4.78 is 5.73. The zero-order valence-corrected chi connectivity index (χ0v) is 12.0. The van der Waals surface area contributed by atoms with Gasteiger partial charge in [0.05, 0.1) is 5.69 Å². The fraction of sp³-hybridized carbons (Fsp3) is 0. The molecule has 2 aromatic carbocycles. The SMILES string of the molecule is NC(=S)Nc1cc(Cl)ccc1Oc1ccc(Cl)cc1. The van der Waals surface area contributed by atoms with E-state index in [0.717, 1.165) is 0 Å². The van der Waals surface area contributed by atoms with E-state index in [0.29, 0.717) is 27.2 Å². The van der Waals surface area contributed by atoms with Crippen molar-refractivity contribution >= 4 is 46.2 Å². The number of benzene rings is 2. The summed E-state index contributed by atoms with van der Waals surface area (Å²) in [7, 11) is 0. The molecule has 98 valence electrons. The van der Waals surface area contributed by atoms with Crippen LogP contribution < -0.4 is 15.8 Å². The van der Waals surface area contributed by atoms with Crippen LogP contribution in [0.3, 0.4) is 0 Å². The maximum Gasteiger partial charge on any atom is 0.168 e. The van der Waals surface area contributed by atoms with E-state index in [1.807, 2.05) is 0 Å². The average molecular weight is 313 g/mol. The summed E-state index contributed by atoms with van der Waals surface area (Å²) in [6, 6.07) is 12.2. The lowest BCUT2D eigenvalue weighted by molar-refractivity contribution is 0.485. The number of rotatable bonds is 3. The van der Waals surface area contributed by atoms with E-state index < -0.39 is 0 Å². The first-order valence-electron chi connectivity index (χ1n) is 5.34. The molecule has 0 spiro atoms. The number of hydrogen-bond donors (Lipinski definition) is 2.